The lowest BCUT2D eigenvalue weighted by Gasteiger charge is -2.29. The van der Waals surface area contributed by atoms with Gasteiger partial charge >= 0.3 is 0 Å². The van der Waals surface area contributed by atoms with Gasteiger partial charge in [0.1, 0.15) is 0 Å². The first-order valence-electron chi connectivity index (χ1n) is 8.29. The molecule has 0 atom stereocenters. The predicted molar refractivity (Wildman–Crippen MR) is 95.4 cm³/mol. The van der Waals surface area contributed by atoms with Crippen molar-refractivity contribution in [3.63, 3.8) is 0 Å². The molecule has 1 aliphatic rings. The van der Waals surface area contributed by atoms with Crippen molar-refractivity contribution < 1.29 is 0 Å². The lowest BCUT2D eigenvalue weighted by atomic mass is 10.1. The van der Waals surface area contributed by atoms with Gasteiger partial charge in [-0.3, -0.25) is 9.47 Å². The quantitative estimate of drug-likeness (QED) is 0.813. The number of fused-ring (bicyclic) bond motifs is 1. The number of likely N-dealkylation sites (N-methyl/N-ethyl adjacent to an activating group) is 1. The Kier molecular flexibility index (Phi) is 5.35. The molecule has 124 valence electrons. The summed E-state index contributed by atoms with van der Waals surface area (Å²) in [6, 6.07) is 8.52. The molecule has 0 amide bonds. The average molecular weight is 331 g/mol. The Morgan fingerprint density at radius 2 is 1.87 bits per heavy atom. The highest BCUT2D eigenvalue weighted by molar-refractivity contribution is 7.99. The summed E-state index contributed by atoms with van der Waals surface area (Å²) in [6.07, 6.45) is 0. The van der Waals surface area contributed by atoms with Gasteiger partial charge in [0.15, 0.2) is 11.0 Å². The van der Waals surface area contributed by atoms with E-state index in [0.29, 0.717) is 0 Å². The predicted octanol–water partition coefficient (Wildman–Crippen LogP) is 2.92. The molecule has 0 saturated carbocycles. The van der Waals surface area contributed by atoms with Gasteiger partial charge in [0.2, 0.25) is 0 Å². The molecule has 0 spiro atoms. The fourth-order valence-corrected chi connectivity index (χ4v) is 3.69. The number of thioether (sulfide) groups is 1. The van der Waals surface area contributed by atoms with Gasteiger partial charge in [-0.05, 0) is 20.0 Å². The van der Waals surface area contributed by atoms with E-state index in [1.54, 1.807) is 11.8 Å². The molecule has 0 radical (unpaired) electrons. The van der Waals surface area contributed by atoms with Gasteiger partial charge in [0, 0.05) is 18.7 Å². The molecule has 5 nitrogen and oxygen atoms in total. The lowest BCUT2D eigenvalue weighted by Crippen LogP contribution is -2.37. The van der Waals surface area contributed by atoms with Crippen molar-refractivity contribution in [1.82, 2.24) is 24.6 Å². The summed E-state index contributed by atoms with van der Waals surface area (Å²) in [5, 5.41) is 9.80. The van der Waals surface area contributed by atoms with E-state index < -0.39 is 0 Å². The van der Waals surface area contributed by atoms with E-state index in [-0.39, 0.29) is 0 Å². The summed E-state index contributed by atoms with van der Waals surface area (Å²) < 4.78 is 2.24. The van der Waals surface area contributed by atoms with Gasteiger partial charge in [0.25, 0.3) is 0 Å². The van der Waals surface area contributed by atoms with Crippen molar-refractivity contribution in [2.45, 2.75) is 32.6 Å². The number of aryl methyl sites for hydroxylation is 1. The topological polar surface area (TPSA) is 37.2 Å². The summed E-state index contributed by atoms with van der Waals surface area (Å²) in [4.78, 5) is 4.93. The third-order valence-corrected chi connectivity index (χ3v) is 5.43. The van der Waals surface area contributed by atoms with E-state index in [2.05, 4.69) is 69.6 Å². The smallest absolute Gasteiger partial charge is 0.193 e. The van der Waals surface area contributed by atoms with Crippen molar-refractivity contribution in [1.29, 1.82) is 0 Å². The molecule has 0 unspecified atom stereocenters. The number of rotatable bonds is 6. The van der Waals surface area contributed by atoms with Crippen LogP contribution in [-0.4, -0.2) is 56.6 Å². The molecular formula is C17H25N5S. The Morgan fingerprint density at radius 1 is 1.13 bits per heavy atom. The van der Waals surface area contributed by atoms with Crippen molar-refractivity contribution in [2.75, 3.05) is 32.1 Å². The minimum Gasteiger partial charge on any atom is -0.303 e. The summed E-state index contributed by atoms with van der Waals surface area (Å²) in [5.74, 6) is 1.97. The van der Waals surface area contributed by atoms with Crippen LogP contribution in [-0.2, 0) is 6.67 Å². The molecule has 2 heterocycles. The molecule has 0 bridgehead atoms. The summed E-state index contributed by atoms with van der Waals surface area (Å²) in [6.45, 7) is 11.9. The number of nitrogens with zero attached hydrogens (tertiary/aromatic N) is 5. The lowest BCUT2D eigenvalue weighted by molar-refractivity contribution is 0.195. The first kappa shape index (κ1) is 16.5. The van der Waals surface area contributed by atoms with Crippen molar-refractivity contribution >= 4 is 11.8 Å². The fourth-order valence-electron chi connectivity index (χ4n) is 2.79. The van der Waals surface area contributed by atoms with Crippen LogP contribution in [0.1, 0.15) is 19.4 Å². The highest BCUT2D eigenvalue weighted by atomic mass is 32.2. The summed E-state index contributed by atoms with van der Waals surface area (Å²) in [7, 11) is 0. The molecular weight excluding hydrogens is 306 g/mol. The van der Waals surface area contributed by atoms with Crippen molar-refractivity contribution in [3.05, 3.63) is 29.8 Å². The van der Waals surface area contributed by atoms with Gasteiger partial charge in [-0.15, -0.1) is 10.2 Å². The Bertz CT molecular complexity index is 633. The third-order valence-electron chi connectivity index (χ3n) is 4.37. The van der Waals surface area contributed by atoms with E-state index in [1.165, 1.54) is 5.56 Å². The maximum absolute atomic E-state index is 4.41. The second-order valence-electron chi connectivity index (χ2n) is 5.94. The van der Waals surface area contributed by atoms with Crippen LogP contribution in [0.15, 0.2) is 29.4 Å². The van der Waals surface area contributed by atoms with E-state index in [1.807, 2.05) is 0 Å². The standard InChI is InChI=1S/C17H25N5S/c1-4-20(5-2)10-11-21-12-22-16(18-19-17(22)23-13-21)15-8-6-14(3)7-9-15/h6-9H,4-5,10-13H2,1-3H3. The molecule has 3 rings (SSSR count). The third kappa shape index (κ3) is 3.76. The van der Waals surface area contributed by atoms with E-state index in [9.17, 15) is 0 Å². The number of hydrogen-bond acceptors (Lipinski definition) is 5. The van der Waals surface area contributed by atoms with Crippen LogP contribution in [0.25, 0.3) is 11.4 Å². The first-order chi connectivity index (χ1) is 11.2. The normalized spacial score (nSPS) is 15.1. The van der Waals surface area contributed by atoms with Crippen molar-refractivity contribution in [2.24, 2.45) is 0 Å². The second kappa shape index (κ2) is 7.47. The minimum atomic E-state index is 0.875. The monoisotopic (exact) mass is 331 g/mol. The maximum Gasteiger partial charge on any atom is 0.193 e. The number of hydrogen-bond donors (Lipinski definition) is 0. The Labute approximate surface area is 142 Å². The maximum atomic E-state index is 4.41. The zero-order valence-electron chi connectivity index (χ0n) is 14.2. The highest BCUT2D eigenvalue weighted by Gasteiger charge is 2.22. The van der Waals surface area contributed by atoms with Gasteiger partial charge in [-0.25, -0.2) is 0 Å². The van der Waals surface area contributed by atoms with Crippen LogP contribution in [0, 0.1) is 6.92 Å². The van der Waals surface area contributed by atoms with Crippen LogP contribution >= 0.6 is 11.8 Å². The molecule has 23 heavy (non-hydrogen) atoms. The van der Waals surface area contributed by atoms with E-state index in [0.717, 1.165) is 55.3 Å². The molecule has 0 aliphatic carbocycles. The van der Waals surface area contributed by atoms with Crippen LogP contribution in [0.3, 0.4) is 0 Å². The molecule has 0 N–H and O–H groups in total. The average Bonchev–Trinajstić information content (AvgIpc) is 3.00. The molecule has 0 fully saturated rings. The molecule has 1 aromatic heterocycles. The van der Waals surface area contributed by atoms with Crippen LogP contribution in [0.5, 0.6) is 0 Å². The van der Waals surface area contributed by atoms with Gasteiger partial charge < -0.3 is 4.90 Å². The highest BCUT2D eigenvalue weighted by Crippen LogP contribution is 2.28. The summed E-state index contributed by atoms with van der Waals surface area (Å²) in [5.41, 5.74) is 2.41. The number of aromatic nitrogens is 3. The van der Waals surface area contributed by atoms with Crippen LogP contribution in [0.2, 0.25) is 0 Å². The Balaban J connectivity index is 1.72. The van der Waals surface area contributed by atoms with Crippen molar-refractivity contribution in [3.8, 4) is 11.4 Å². The van der Waals surface area contributed by atoms with Gasteiger partial charge in [-0.1, -0.05) is 55.4 Å². The largest absolute Gasteiger partial charge is 0.303 e. The first-order valence-corrected chi connectivity index (χ1v) is 9.27. The zero-order chi connectivity index (χ0) is 16.2. The molecule has 2 aromatic rings. The minimum absolute atomic E-state index is 0.875. The molecule has 1 aromatic carbocycles. The fraction of sp³-hybridized carbons (Fsp3) is 0.529. The van der Waals surface area contributed by atoms with Crippen LogP contribution in [0.4, 0.5) is 0 Å². The van der Waals surface area contributed by atoms with Crippen LogP contribution < -0.4 is 0 Å². The van der Waals surface area contributed by atoms with E-state index in [4.69, 9.17) is 0 Å². The zero-order valence-corrected chi connectivity index (χ0v) is 15.0. The summed E-state index contributed by atoms with van der Waals surface area (Å²) >= 11 is 1.78. The Morgan fingerprint density at radius 3 is 2.57 bits per heavy atom. The molecule has 0 saturated heterocycles. The second-order valence-corrected chi connectivity index (χ2v) is 6.85. The molecule has 1 aliphatic heterocycles. The number of benzene rings is 1. The van der Waals surface area contributed by atoms with Gasteiger partial charge in [-0.2, -0.15) is 0 Å². The SMILES string of the molecule is CCN(CC)CCN1CSc2nnc(-c3ccc(C)cc3)n2C1. The Hall–Kier alpha value is -1.37. The molecule has 6 heteroatoms. The van der Waals surface area contributed by atoms with E-state index >= 15 is 0 Å². The van der Waals surface area contributed by atoms with Gasteiger partial charge in [0.05, 0.1) is 12.5 Å².